The SMILES string of the molecule is CCC(C)(C)NC(=O)C1CCN(c2cnccn2)CC1. The van der Waals surface area contributed by atoms with Crippen LogP contribution in [0.25, 0.3) is 0 Å². The molecule has 110 valence electrons. The quantitative estimate of drug-likeness (QED) is 0.914. The Morgan fingerprint density at radius 1 is 1.40 bits per heavy atom. The van der Waals surface area contributed by atoms with E-state index in [-0.39, 0.29) is 17.4 Å². The number of nitrogens with one attached hydrogen (secondary N) is 1. The molecule has 0 saturated carbocycles. The second-order valence-corrected chi connectivity index (χ2v) is 6.05. The van der Waals surface area contributed by atoms with Gasteiger partial charge in [-0.05, 0) is 33.1 Å². The van der Waals surface area contributed by atoms with E-state index >= 15 is 0 Å². The maximum absolute atomic E-state index is 12.3. The molecule has 0 bridgehead atoms. The lowest BCUT2D eigenvalue weighted by atomic mass is 9.93. The molecule has 1 fully saturated rings. The number of carbonyl (C=O) groups excluding carboxylic acids is 1. The zero-order valence-electron chi connectivity index (χ0n) is 12.6. The van der Waals surface area contributed by atoms with Crippen molar-refractivity contribution in [2.45, 2.75) is 45.6 Å². The van der Waals surface area contributed by atoms with E-state index in [1.807, 2.05) is 0 Å². The highest BCUT2D eigenvalue weighted by Crippen LogP contribution is 2.22. The Kier molecular flexibility index (Phi) is 4.57. The van der Waals surface area contributed by atoms with Gasteiger partial charge in [0.15, 0.2) is 0 Å². The molecule has 5 heteroatoms. The molecule has 0 spiro atoms. The Morgan fingerprint density at radius 2 is 2.10 bits per heavy atom. The predicted molar refractivity (Wildman–Crippen MR) is 79.5 cm³/mol. The van der Waals surface area contributed by atoms with Crippen LogP contribution in [0.5, 0.6) is 0 Å². The normalized spacial score (nSPS) is 17.1. The summed E-state index contributed by atoms with van der Waals surface area (Å²) in [5.41, 5.74) is -0.112. The highest BCUT2D eigenvalue weighted by molar-refractivity contribution is 5.79. The first kappa shape index (κ1) is 14.8. The van der Waals surface area contributed by atoms with Crippen molar-refractivity contribution in [1.29, 1.82) is 0 Å². The Bertz CT molecular complexity index is 438. The summed E-state index contributed by atoms with van der Waals surface area (Å²) < 4.78 is 0. The number of carbonyl (C=O) groups is 1. The maximum atomic E-state index is 12.3. The van der Waals surface area contributed by atoms with E-state index in [9.17, 15) is 4.79 Å². The van der Waals surface area contributed by atoms with E-state index in [0.717, 1.165) is 38.2 Å². The third kappa shape index (κ3) is 3.68. The monoisotopic (exact) mass is 276 g/mol. The van der Waals surface area contributed by atoms with E-state index in [0.29, 0.717) is 0 Å². The van der Waals surface area contributed by atoms with Crippen LogP contribution in [-0.2, 0) is 4.79 Å². The summed E-state index contributed by atoms with van der Waals surface area (Å²) in [7, 11) is 0. The highest BCUT2D eigenvalue weighted by atomic mass is 16.2. The van der Waals surface area contributed by atoms with Crippen LogP contribution in [0, 0.1) is 5.92 Å². The average Bonchev–Trinajstić information content (AvgIpc) is 2.48. The van der Waals surface area contributed by atoms with E-state index in [1.165, 1.54) is 0 Å². The summed E-state index contributed by atoms with van der Waals surface area (Å²) in [5, 5.41) is 3.14. The van der Waals surface area contributed by atoms with Crippen LogP contribution in [0.15, 0.2) is 18.6 Å². The van der Waals surface area contributed by atoms with Crippen molar-refractivity contribution < 1.29 is 4.79 Å². The Hall–Kier alpha value is -1.65. The van der Waals surface area contributed by atoms with Crippen molar-refractivity contribution in [3.63, 3.8) is 0 Å². The van der Waals surface area contributed by atoms with Gasteiger partial charge in [0.25, 0.3) is 0 Å². The Morgan fingerprint density at radius 3 is 2.65 bits per heavy atom. The van der Waals surface area contributed by atoms with Crippen LogP contribution < -0.4 is 10.2 Å². The summed E-state index contributed by atoms with van der Waals surface area (Å²) in [5.74, 6) is 1.21. The standard InChI is InChI=1S/C15H24N4O/c1-4-15(2,3)18-14(20)12-5-9-19(10-6-12)13-11-16-7-8-17-13/h7-8,11-12H,4-6,9-10H2,1-3H3,(H,18,20). The number of amides is 1. The fourth-order valence-corrected chi connectivity index (χ4v) is 2.35. The van der Waals surface area contributed by atoms with Crippen LogP contribution in [0.4, 0.5) is 5.82 Å². The summed E-state index contributed by atoms with van der Waals surface area (Å²) in [4.78, 5) is 22.9. The minimum absolute atomic E-state index is 0.112. The van der Waals surface area contributed by atoms with Crippen molar-refractivity contribution >= 4 is 11.7 Å². The molecule has 0 aromatic carbocycles. The predicted octanol–water partition coefficient (Wildman–Crippen LogP) is 2.00. The lowest BCUT2D eigenvalue weighted by Crippen LogP contribution is -2.48. The molecule has 1 saturated heterocycles. The molecular formula is C15H24N4O. The van der Waals surface area contributed by atoms with Crippen LogP contribution >= 0.6 is 0 Å². The minimum Gasteiger partial charge on any atom is -0.355 e. The van der Waals surface area contributed by atoms with Crippen LogP contribution in [-0.4, -0.2) is 34.5 Å². The van der Waals surface area contributed by atoms with Gasteiger partial charge in [-0.25, -0.2) is 4.98 Å². The second-order valence-electron chi connectivity index (χ2n) is 6.05. The molecule has 1 aliphatic rings. The summed E-state index contributed by atoms with van der Waals surface area (Å²) in [6, 6.07) is 0. The molecule has 1 aliphatic heterocycles. The van der Waals surface area contributed by atoms with Gasteiger partial charge >= 0.3 is 0 Å². The lowest BCUT2D eigenvalue weighted by molar-refractivity contribution is -0.127. The number of hydrogen-bond acceptors (Lipinski definition) is 4. The first-order chi connectivity index (χ1) is 9.52. The molecule has 0 aliphatic carbocycles. The van der Waals surface area contributed by atoms with E-state index in [4.69, 9.17) is 0 Å². The molecule has 1 N–H and O–H groups in total. The zero-order valence-corrected chi connectivity index (χ0v) is 12.6. The number of anilines is 1. The van der Waals surface area contributed by atoms with Gasteiger partial charge in [0.2, 0.25) is 5.91 Å². The minimum atomic E-state index is -0.112. The van der Waals surface area contributed by atoms with Gasteiger partial charge in [-0.1, -0.05) is 6.92 Å². The fourth-order valence-electron chi connectivity index (χ4n) is 2.35. The number of rotatable bonds is 4. The van der Waals surface area contributed by atoms with Gasteiger partial charge in [0.05, 0.1) is 6.20 Å². The Labute approximate surface area is 120 Å². The maximum Gasteiger partial charge on any atom is 0.223 e. The van der Waals surface area contributed by atoms with Crippen molar-refractivity contribution in [2.75, 3.05) is 18.0 Å². The number of nitrogens with zero attached hydrogens (tertiary/aromatic N) is 3. The van der Waals surface area contributed by atoms with Gasteiger partial charge in [0.1, 0.15) is 5.82 Å². The molecule has 5 nitrogen and oxygen atoms in total. The lowest BCUT2D eigenvalue weighted by Gasteiger charge is -2.34. The first-order valence-corrected chi connectivity index (χ1v) is 7.35. The molecule has 2 heterocycles. The Balaban J connectivity index is 1.87. The second kappa shape index (κ2) is 6.20. The summed E-state index contributed by atoms with van der Waals surface area (Å²) in [6.07, 6.45) is 7.86. The smallest absolute Gasteiger partial charge is 0.223 e. The molecule has 1 amide bonds. The number of piperidine rings is 1. The molecule has 2 rings (SSSR count). The van der Waals surface area contributed by atoms with Gasteiger partial charge in [-0.15, -0.1) is 0 Å². The number of hydrogen-bond donors (Lipinski definition) is 1. The largest absolute Gasteiger partial charge is 0.355 e. The first-order valence-electron chi connectivity index (χ1n) is 7.35. The number of aromatic nitrogens is 2. The average molecular weight is 276 g/mol. The topological polar surface area (TPSA) is 58.1 Å². The molecule has 1 aromatic heterocycles. The summed E-state index contributed by atoms with van der Waals surface area (Å²) >= 11 is 0. The molecule has 20 heavy (non-hydrogen) atoms. The van der Waals surface area contributed by atoms with Gasteiger partial charge in [-0.2, -0.15) is 0 Å². The fraction of sp³-hybridized carbons (Fsp3) is 0.667. The highest BCUT2D eigenvalue weighted by Gasteiger charge is 2.28. The van der Waals surface area contributed by atoms with Crippen LogP contribution in [0.2, 0.25) is 0 Å². The molecule has 0 unspecified atom stereocenters. The van der Waals surface area contributed by atoms with Crippen molar-refractivity contribution in [3.8, 4) is 0 Å². The van der Waals surface area contributed by atoms with Gasteiger partial charge < -0.3 is 10.2 Å². The van der Waals surface area contributed by atoms with Gasteiger partial charge in [0, 0.05) is 36.9 Å². The van der Waals surface area contributed by atoms with Crippen molar-refractivity contribution in [2.24, 2.45) is 5.92 Å². The van der Waals surface area contributed by atoms with E-state index < -0.39 is 0 Å². The van der Waals surface area contributed by atoms with Crippen molar-refractivity contribution in [1.82, 2.24) is 15.3 Å². The van der Waals surface area contributed by atoms with Gasteiger partial charge in [-0.3, -0.25) is 9.78 Å². The van der Waals surface area contributed by atoms with E-state index in [2.05, 4.69) is 41.0 Å². The summed E-state index contributed by atoms with van der Waals surface area (Å²) in [6.45, 7) is 7.96. The van der Waals surface area contributed by atoms with E-state index in [1.54, 1.807) is 18.6 Å². The zero-order chi connectivity index (χ0) is 14.6. The molecular weight excluding hydrogens is 252 g/mol. The third-order valence-corrected chi connectivity index (χ3v) is 4.08. The molecule has 0 radical (unpaired) electrons. The third-order valence-electron chi connectivity index (χ3n) is 4.08. The van der Waals surface area contributed by atoms with Crippen molar-refractivity contribution in [3.05, 3.63) is 18.6 Å². The van der Waals surface area contributed by atoms with Crippen LogP contribution in [0.3, 0.4) is 0 Å². The molecule has 1 aromatic rings. The molecule has 0 atom stereocenters. The van der Waals surface area contributed by atoms with Crippen LogP contribution in [0.1, 0.15) is 40.0 Å².